The number of benzene rings is 1. The van der Waals surface area contributed by atoms with Crippen molar-refractivity contribution in [3.63, 3.8) is 0 Å². The van der Waals surface area contributed by atoms with Gasteiger partial charge in [-0.15, -0.1) is 11.6 Å². The maximum Gasteiger partial charge on any atom is 0.202 e. The SMILES string of the molecule is COc1ccccc1[Si](C)(Cl)CCl. The quantitative estimate of drug-likeness (QED) is 0.444. The molecule has 0 spiro atoms. The van der Waals surface area contributed by atoms with Gasteiger partial charge in [-0.05, 0) is 11.3 Å². The molecule has 72 valence electrons. The Morgan fingerprint density at radius 2 is 2.00 bits per heavy atom. The van der Waals surface area contributed by atoms with Crippen LogP contribution in [0, 0.1) is 0 Å². The molecule has 1 aromatic carbocycles. The highest BCUT2D eigenvalue weighted by Crippen LogP contribution is 2.17. The van der Waals surface area contributed by atoms with Crippen LogP contribution in [0.5, 0.6) is 5.75 Å². The van der Waals surface area contributed by atoms with Crippen LogP contribution in [0.25, 0.3) is 0 Å². The summed E-state index contributed by atoms with van der Waals surface area (Å²) in [5.41, 5.74) is 0.495. The molecule has 0 aliphatic carbocycles. The summed E-state index contributed by atoms with van der Waals surface area (Å²) in [7, 11) is -0.359. The van der Waals surface area contributed by atoms with Crippen LogP contribution in [-0.4, -0.2) is 20.0 Å². The summed E-state index contributed by atoms with van der Waals surface area (Å²) in [4.78, 5) is 0. The molecule has 0 fully saturated rings. The van der Waals surface area contributed by atoms with E-state index in [1.165, 1.54) is 0 Å². The van der Waals surface area contributed by atoms with E-state index < -0.39 is 7.38 Å². The first-order valence-corrected chi connectivity index (χ1v) is 8.25. The van der Waals surface area contributed by atoms with Crippen LogP contribution < -0.4 is 9.92 Å². The van der Waals surface area contributed by atoms with Gasteiger partial charge in [0.05, 0.1) is 7.11 Å². The summed E-state index contributed by atoms with van der Waals surface area (Å²) in [6, 6.07) is 7.78. The van der Waals surface area contributed by atoms with Gasteiger partial charge in [0, 0.05) is 5.50 Å². The summed E-state index contributed by atoms with van der Waals surface area (Å²) >= 11 is 12.2. The molecule has 0 N–H and O–H groups in total. The van der Waals surface area contributed by atoms with Crippen molar-refractivity contribution in [3.05, 3.63) is 24.3 Å². The highest BCUT2D eigenvalue weighted by Gasteiger charge is 2.28. The molecule has 0 bridgehead atoms. The Hall–Kier alpha value is -0.183. The standard InChI is InChI=1S/C9H12Cl2OSi/c1-12-8-5-3-4-6-9(8)13(2,11)7-10/h3-6H,7H2,1-2H3. The minimum atomic E-state index is -2.01. The Bertz CT molecular complexity index is 289. The van der Waals surface area contributed by atoms with E-state index in [1.807, 2.05) is 30.8 Å². The van der Waals surface area contributed by atoms with Gasteiger partial charge in [0.15, 0.2) is 0 Å². The Balaban J connectivity index is 3.12. The Labute approximate surface area is 89.3 Å². The zero-order valence-corrected chi connectivity index (χ0v) is 10.2. The molecule has 0 aliphatic rings. The normalized spacial score (nSPS) is 15.1. The number of rotatable bonds is 3. The summed E-state index contributed by atoms with van der Waals surface area (Å²) in [5.74, 6) is 0.840. The lowest BCUT2D eigenvalue weighted by molar-refractivity contribution is 0.418. The molecule has 0 heterocycles. The number of ether oxygens (including phenoxy) is 1. The Morgan fingerprint density at radius 1 is 1.38 bits per heavy atom. The number of hydrogen-bond acceptors (Lipinski definition) is 1. The second-order valence-corrected chi connectivity index (χ2v) is 9.54. The van der Waals surface area contributed by atoms with Gasteiger partial charge in [-0.2, -0.15) is 11.1 Å². The van der Waals surface area contributed by atoms with Gasteiger partial charge in [-0.1, -0.05) is 24.7 Å². The molecule has 0 amide bonds. The summed E-state index contributed by atoms with van der Waals surface area (Å²) in [6.07, 6.45) is 0. The van der Waals surface area contributed by atoms with Crippen molar-refractivity contribution in [2.45, 2.75) is 6.55 Å². The molecule has 4 heteroatoms. The third kappa shape index (κ3) is 2.39. The van der Waals surface area contributed by atoms with E-state index in [-0.39, 0.29) is 0 Å². The largest absolute Gasteiger partial charge is 0.497 e. The lowest BCUT2D eigenvalue weighted by Gasteiger charge is -2.19. The molecule has 0 aromatic heterocycles. The summed E-state index contributed by atoms with van der Waals surface area (Å²) in [6.45, 7) is 2.01. The van der Waals surface area contributed by atoms with Crippen LogP contribution in [0.3, 0.4) is 0 Å². The number of alkyl halides is 1. The maximum atomic E-state index is 6.36. The van der Waals surface area contributed by atoms with Crippen molar-refractivity contribution in [3.8, 4) is 5.75 Å². The van der Waals surface area contributed by atoms with Crippen molar-refractivity contribution in [1.29, 1.82) is 0 Å². The fourth-order valence-electron chi connectivity index (χ4n) is 1.15. The monoisotopic (exact) mass is 234 g/mol. The molecule has 0 saturated heterocycles. The van der Waals surface area contributed by atoms with Crippen molar-refractivity contribution in [2.24, 2.45) is 0 Å². The van der Waals surface area contributed by atoms with Crippen molar-refractivity contribution in [2.75, 3.05) is 12.6 Å². The zero-order chi connectivity index (χ0) is 9.90. The second-order valence-electron chi connectivity index (χ2n) is 3.03. The molecule has 1 nitrogen and oxygen atoms in total. The van der Waals surface area contributed by atoms with E-state index in [4.69, 9.17) is 27.4 Å². The average Bonchev–Trinajstić information content (AvgIpc) is 2.18. The zero-order valence-electron chi connectivity index (χ0n) is 7.68. The number of para-hydroxylation sites is 1. The number of hydrogen-bond donors (Lipinski definition) is 0. The molecule has 0 saturated carbocycles. The van der Waals surface area contributed by atoms with Gasteiger partial charge < -0.3 is 4.74 Å². The van der Waals surface area contributed by atoms with Crippen LogP contribution in [-0.2, 0) is 0 Å². The third-order valence-corrected chi connectivity index (χ3v) is 6.98. The molecule has 1 rings (SSSR count). The minimum Gasteiger partial charge on any atom is -0.497 e. The lowest BCUT2D eigenvalue weighted by Crippen LogP contribution is -2.42. The van der Waals surface area contributed by atoms with Crippen LogP contribution >= 0.6 is 22.7 Å². The predicted molar refractivity (Wildman–Crippen MR) is 60.8 cm³/mol. The topological polar surface area (TPSA) is 9.23 Å². The van der Waals surface area contributed by atoms with Gasteiger partial charge in [-0.25, -0.2) is 0 Å². The van der Waals surface area contributed by atoms with Crippen molar-refractivity contribution < 1.29 is 4.74 Å². The van der Waals surface area contributed by atoms with Gasteiger partial charge in [0.25, 0.3) is 0 Å². The van der Waals surface area contributed by atoms with E-state index in [9.17, 15) is 0 Å². The molecular formula is C9H12Cl2OSi. The molecule has 13 heavy (non-hydrogen) atoms. The summed E-state index contributed by atoms with van der Waals surface area (Å²) < 4.78 is 5.23. The van der Waals surface area contributed by atoms with E-state index >= 15 is 0 Å². The van der Waals surface area contributed by atoms with E-state index in [0.29, 0.717) is 5.50 Å². The third-order valence-electron chi connectivity index (χ3n) is 1.92. The van der Waals surface area contributed by atoms with Gasteiger partial charge >= 0.3 is 0 Å². The summed E-state index contributed by atoms with van der Waals surface area (Å²) in [5, 5.41) is 1.06. The van der Waals surface area contributed by atoms with Crippen molar-refractivity contribution >= 4 is 35.3 Å². The first-order valence-electron chi connectivity index (χ1n) is 4.00. The predicted octanol–water partition coefficient (Wildman–Crippen LogP) is 2.49. The first-order chi connectivity index (χ1) is 6.11. The molecule has 1 unspecified atom stereocenters. The van der Waals surface area contributed by atoms with Gasteiger partial charge in [0.2, 0.25) is 7.38 Å². The Kier molecular flexibility index (Phi) is 3.65. The van der Waals surface area contributed by atoms with E-state index in [1.54, 1.807) is 7.11 Å². The van der Waals surface area contributed by atoms with Crippen LogP contribution in [0.4, 0.5) is 0 Å². The number of halogens is 2. The van der Waals surface area contributed by atoms with E-state index in [2.05, 4.69) is 0 Å². The fourth-order valence-corrected chi connectivity index (χ4v) is 3.33. The van der Waals surface area contributed by atoms with Crippen LogP contribution in [0.15, 0.2) is 24.3 Å². The average molecular weight is 235 g/mol. The molecule has 0 aliphatic heterocycles. The van der Waals surface area contributed by atoms with E-state index in [0.717, 1.165) is 10.9 Å². The minimum absolute atomic E-state index is 0.495. The smallest absolute Gasteiger partial charge is 0.202 e. The second kappa shape index (κ2) is 4.36. The first kappa shape index (κ1) is 10.9. The molecule has 0 radical (unpaired) electrons. The fraction of sp³-hybridized carbons (Fsp3) is 0.333. The van der Waals surface area contributed by atoms with Crippen LogP contribution in [0.1, 0.15) is 0 Å². The Morgan fingerprint density at radius 3 is 2.54 bits per heavy atom. The molecule has 1 aromatic rings. The maximum absolute atomic E-state index is 6.36. The van der Waals surface area contributed by atoms with Crippen LogP contribution in [0.2, 0.25) is 6.55 Å². The van der Waals surface area contributed by atoms with Crippen molar-refractivity contribution in [1.82, 2.24) is 0 Å². The number of methoxy groups -OCH3 is 1. The highest BCUT2D eigenvalue weighted by molar-refractivity contribution is 7.29. The molecular weight excluding hydrogens is 223 g/mol. The van der Waals surface area contributed by atoms with Gasteiger partial charge in [0.1, 0.15) is 5.75 Å². The highest BCUT2D eigenvalue weighted by atomic mass is 35.6. The lowest BCUT2D eigenvalue weighted by atomic mass is 10.3. The molecule has 1 atom stereocenters. The van der Waals surface area contributed by atoms with Gasteiger partial charge in [-0.3, -0.25) is 0 Å².